The number of nitrogens with zero attached hydrogens (tertiary/aromatic N) is 3. The Hall–Kier alpha value is -1.68. The predicted molar refractivity (Wildman–Crippen MR) is 82.3 cm³/mol. The van der Waals surface area contributed by atoms with E-state index >= 15 is 0 Å². The highest BCUT2D eigenvalue weighted by atomic mass is 15.3. The highest BCUT2D eigenvalue weighted by Crippen LogP contribution is 2.19. The zero-order chi connectivity index (χ0) is 14.7. The second-order valence-corrected chi connectivity index (χ2v) is 5.50. The van der Waals surface area contributed by atoms with E-state index < -0.39 is 0 Å². The highest BCUT2D eigenvalue weighted by Gasteiger charge is 2.12. The van der Waals surface area contributed by atoms with Crippen molar-refractivity contribution in [3.8, 4) is 5.82 Å². The maximum absolute atomic E-state index is 4.69. The average Bonchev–Trinajstić information content (AvgIpc) is 2.86. The van der Waals surface area contributed by atoms with Gasteiger partial charge in [-0.2, -0.15) is 5.10 Å². The van der Waals surface area contributed by atoms with Gasteiger partial charge in [0.15, 0.2) is 5.82 Å². The molecule has 0 atom stereocenters. The third-order valence-electron chi connectivity index (χ3n) is 3.42. The van der Waals surface area contributed by atoms with E-state index in [1.807, 2.05) is 17.8 Å². The van der Waals surface area contributed by atoms with E-state index in [0.717, 1.165) is 30.3 Å². The van der Waals surface area contributed by atoms with Crippen LogP contribution in [0.15, 0.2) is 18.3 Å². The molecule has 0 saturated carbocycles. The van der Waals surface area contributed by atoms with Gasteiger partial charge in [-0.3, -0.25) is 0 Å². The van der Waals surface area contributed by atoms with Crippen LogP contribution in [0.4, 0.5) is 0 Å². The summed E-state index contributed by atoms with van der Waals surface area (Å²) in [6, 6.07) is 4.20. The van der Waals surface area contributed by atoms with Crippen LogP contribution in [0.3, 0.4) is 0 Å². The van der Waals surface area contributed by atoms with Crippen molar-refractivity contribution >= 4 is 0 Å². The van der Waals surface area contributed by atoms with E-state index in [9.17, 15) is 0 Å². The van der Waals surface area contributed by atoms with Gasteiger partial charge in [0, 0.05) is 24.0 Å². The molecule has 0 unspecified atom stereocenters. The van der Waals surface area contributed by atoms with Crippen LogP contribution < -0.4 is 5.32 Å². The first kappa shape index (κ1) is 14.7. The van der Waals surface area contributed by atoms with Crippen LogP contribution in [-0.4, -0.2) is 21.3 Å². The molecule has 20 heavy (non-hydrogen) atoms. The summed E-state index contributed by atoms with van der Waals surface area (Å²) in [5, 5.41) is 8.04. The van der Waals surface area contributed by atoms with Crippen molar-refractivity contribution in [2.45, 2.75) is 47.1 Å². The fourth-order valence-electron chi connectivity index (χ4n) is 2.27. The molecule has 0 saturated heterocycles. The lowest BCUT2D eigenvalue weighted by Crippen LogP contribution is -2.17. The number of rotatable bonds is 5. The van der Waals surface area contributed by atoms with Crippen LogP contribution in [-0.2, 0) is 6.54 Å². The maximum atomic E-state index is 4.69. The topological polar surface area (TPSA) is 42.7 Å². The fourth-order valence-corrected chi connectivity index (χ4v) is 2.27. The van der Waals surface area contributed by atoms with Gasteiger partial charge in [-0.15, -0.1) is 0 Å². The summed E-state index contributed by atoms with van der Waals surface area (Å²) >= 11 is 0. The van der Waals surface area contributed by atoms with E-state index in [2.05, 4.69) is 50.2 Å². The third-order valence-corrected chi connectivity index (χ3v) is 3.42. The molecule has 0 aliphatic heterocycles. The fraction of sp³-hybridized carbons (Fsp3) is 0.500. The van der Waals surface area contributed by atoms with Gasteiger partial charge in [-0.05, 0) is 44.0 Å². The molecule has 2 heterocycles. The Labute approximate surface area is 121 Å². The van der Waals surface area contributed by atoms with Gasteiger partial charge in [0.05, 0.1) is 5.69 Å². The van der Waals surface area contributed by atoms with E-state index in [4.69, 9.17) is 4.98 Å². The summed E-state index contributed by atoms with van der Waals surface area (Å²) in [5.41, 5.74) is 4.60. The minimum atomic E-state index is 0.430. The Morgan fingerprint density at radius 3 is 2.65 bits per heavy atom. The first-order valence-electron chi connectivity index (χ1n) is 7.26. The van der Waals surface area contributed by atoms with Gasteiger partial charge in [0.25, 0.3) is 0 Å². The van der Waals surface area contributed by atoms with Gasteiger partial charge in [0.1, 0.15) is 0 Å². The molecular formula is C16H24N4. The molecule has 1 N–H and O–H groups in total. The number of nitrogens with one attached hydrogen (secondary N) is 1. The zero-order valence-electron chi connectivity index (χ0n) is 13.1. The third kappa shape index (κ3) is 3.07. The van der Waals surface area contributed by atoms with Crippen LogP contribution in [0.2, 0.25) is 0 Å². The minimum Gasteiger partial charge on any atom is -0.313 e. The van der Waals surface area contributed by atoms with Crippen LogP contribution in [0.25, 0.3) is 5.82 Å². The van der Waals surface area contributed by atoms with Gasteiger partial charge < -0.3 is 5.32 Å². The van der Waals surface area contributed by atoms with Crippen molar-refractivity contribution < 1.29 is 0 Å². The molecule has 4 heteroatoms. The molecule has 0 aliphatic rings. The van der Waals surface area contributed by atoms with Gasteiger partial charge >= 0.3 is 0 Å². The Morgan fingerprint density at radius 2 is 2.05 bits per heavy atom. The lowest BCUT2D eigenvalue weighted by atomic mass is 10.1. The monoisotopic (exact) mass is 272 g/mol. The summed E-state index contributed by atoms with van der Waals surface area (Å²) in [4.78, 5) is 4.69. The molecule has 4 nitrogen and oxygen atoms in total. The number of hydrogen-bond donors (Lipinski definition) is 1. The second-order valence-electron chi connectivity index (χ2n) is 5.50. The molecule has 2 rings (SSSR count). The Balaban J connectivity index is 2.47. The van der Waals surface area contributed by atoms with Crippen molar-refractivity contribution in [1.82, 2.24) is 20.1 Å². The van der Waals surface area contributed by atoms with Crippen molar-refractivity contribution in [3.63, 3.8) is 0 Å². The zero-order valence-corrected chi connectivity index (χ0v) is 13.1. The largest absolute Gasteiger partial charge is 0.313 e. The second kappa shape index (κ2) is 6.18. The molecule has 2 aromatic heterocycles. The molecule has 0 spiro atoms. The SMILES string of the molecule is CCNCc1c(C)cc(C)nc1-n1ccc(C(C)C)n1. The Bertz CT molecular complexity index is 584. The molecule has 108 valence electrons. The quantitative estimate of drug-likeness (QED) is 0.909. The van der Waals surface area contributed by atoms with Gasteiger partial charge in [-0.1, -0.05) is 20.8 Å². The Kier molecular flexibility index (Phi) is 4.55. The van der Waals surface area contributed by atoms with E-state index in [0.29, 0.717) is 5.92 Å². The molecule has 0 amide bonds. The molecule has 0 bridgehead atoms. The molecule has 0 radical (unpaired) electrons. The number of aryl methyl sites for hydroxylation is 2. The lowest BCUT2D eigenvalue weighted by Gasteiger charge is -2.13. The molecule has 0 aromatic carbocycles. The van der Waals surface area contributed by atoms with Crippen LogP contribution in [0.1, 0.15) is 49.2 Å². The predicted octanol–water partition coefficient (Wildman–Crippen LogP) is 3.12. The first-order chi connectivity index (χ1) is 9.52. The summed E-state index contributed by atoms with van der Waals surface area (Å²) in [6.07, 6.45) is 2.01. The normalized spacial score (nSPS) is 11.3. The Morgan fingerprint density at radius 1 is 1.30 bits per heavy atom. The van der Waals surface area contributed by atoms with Crippen molar-refractivity contribution in [1.29, 1.82) is 0 Å². The minimum absolute atomic E-state index is 0.430. The summed E-state index contributed by atoms with van der Waals surface area (Å²) in [7, 11) is 0. The highest BCUT2D eigenvalue weighted by molar-refractivity contribution is 5.41. The van der Waals surface area contributed by atoms with Gasteiger partial charge in [0.2, 0.25) is 0 Å². The lowest BCUT2D eigenvalue weighted by molar-refractivity contribution is 0.697. The van der Waals surface area contributed by atoms with Crippen LogP contribution >= 0.6 is 0 Å². The van der Waals surface area contributed by atoms with Crippen molar-refractivity contribution in [3.05, 3.63) is 40.8 Å². The molecular weight excluding hydrogens is 248 g/mol. The molecule has 2 aromatic rings. The molecule has 0 aliphatic carbocycles. The summed E-state index contributed by atoms with van der Waals surface area (Å²) < 4.78 is 1.90. The van der Waals surface area contributed by atoms with Crippen LogP contribution in [0, 0.1) is 13.8 Å². The number of hydrogen-bond acceptors (Lipinski definition) is 3. The van der Waals surface area contributed by atoms with E-state index in [1.165, 1.54) is 11.1 Å². The first-order valence-corrected chi connectivity index (χ1v) is 7.26. The average molecular weight is 272 g/mol. The smallest absolute Gasteiger partial charge is 0.158 e. The maximum Gasteiger partial charge on any atom is 0.158 e. The number of aromatic nitrogens is 3. The van der Waals surface area contributed by atoms with Gasteiger partial charge in [-0.25, -0.2) is 9.67 Å². The summed E-state index contributed by atoms with van der Waals surface area (Å²) in [5.74, 6) is 1.37. The molecule has 0 fully saturated rings. The van der Waals surface area contributed by atoms with E-state index in [1.54, 1.807) is 0 Å². The van der Waals surface area contributed by atoms with E-state index in [-0.39, 0.29) is 0 Å². The van der Waals surface area contributed by atoms with Crippen LogP contribution in [0.5, 0.6) is 0 Å². The van der Waals surface area contributed by atoms with Crippen molar-refractivity contribution in [2.24, 2.45) is 0 Å². The van der Waals surface area contributed by atoms with Crippen molar-refractivity contribution in [2.75, 3.05) is 6.54 Å². The number of pyridine rings is 1. The summed E-state index contributed by atoms with van der Waals surface area (Å²) in [6.45, 7) is 12.4. The standard InChI is InChI=1S/C16H24N4/c1-6-17-10-14-12(4)9-13(5)18-16(14)20-8-7-15(19-20)11(2)3/h7-9,11,17H,6,10H2,1-5H3.